The van der Waals surface area contributed by atoms with Gasteiger partial charge in [0.05, 0.1) is 16.8 Å². The van der Waals surface area contributed by atoms with Crippen LogP contribution in [0.25, 0.3) is 22.3 Å². The highest BCUT2D eigenvalue weighted by atomic mass is 14.9. The van der Waals surface area contributed by atoms with Gasteiger partial charge in [-0.15, -0.1) is 0 Å². The third-order valence-electron chi connectivity index (χ3n) is 7.61. The summed E-state index contributed by atoms with van der Waals surface area (Å²) >= 11 is 0. The van der Waals surface area contributed by atoms with Crippen LogP contribution in [-0.2, 0) is 5.41 Å². The van der Waals surface area contributed by atoms with Gasteiger partial charge in [0.15, 0.2) is 0 Å². The second-order valence-electron chi connectivity index (χ2n) is 9.48. The minimum absolute atomic E-state index is 0.323. The molecule has 0 saturated carbocycles. The van der Waals surface area contributed by atoms with Crippen LogP contribution in [0.2, 0.25) is 0 Å². The van der Waals surface area contributed by atoms with Gasteiger partial charge in [-0.2, -0.15) is 0 Å². The third-order valence-corrected chi connectivity index (χ3v) is 7.61. The van der Waals surface area contributed by atoms with E-state index in [1.165, 1.54) is 44.5 Å². The molecule has 0 aliphatic heterocycles. The Morgan fingerprint density at radius 1 is 0.583 bits per heavy atom. The highest BCUT2D eigenvalue weighted by Crippen LogP contribution is 2.63. The Morgan fingerprint density at radius 3 is 1.81 bits per heavy atom. The molecule has 2 aliphatic carbocycles. The lowest BCUT2D eigenvalue weighted by Gasteiger charge is -2.30. The fourth-order valence-corrected chi connectivity index (χ4v) is 6.27. The van der Waals surface area contributed by atoms with Crippen LogP contribution in [0, 0.1) is 0 Å². The Labute approximate surface area is 212 Å². The van der Waals surface area contributed by atoms with Crippen molar-refractivity contribution in [3.05, 3.63) is 138 Å². The number of hydrogen-bond donors (Lipinski definition) is 1. The number of nitrogens with one attached hydrogen (secondary N) is 1. The average molecular weight is 463 g/mol. The normalized spacial score (nSPS) is 13.9. The van der Waals surface area contributed by atoms with Crippen LogP contribution in [-0.4, -0.2) is 6.21 Å². The molecule has 0 unspecified atom stereocenters. The summed E-state index contributed by atoms with van der Waals surface area (Å²) in [6, 6.07) is 41.8. The van der Waals surface area contributed by atoms with Gasteiger partial charge in [-0.25, -0.2) is 0 Å². The Morgan fingerprint density at radius 2 is 1.11 bits per heavy atom. The summed E-state index contributed by atoms with van der Waals surface area (Å²) in [6.07, 6.45) is 2.87. The number of aliphatic imine (C=N–C) groups is 1. The Kier molecular flexibility index (Phi) is 4.68. The second-order valence-corrected chi connectivity index (χ2v) is 9.48. The zero-order valence-electron chi connectivity index (χ0n) is 20.2. The number of hydrogen-bond acceptors (Lipinski definition) is 2. The van der Waals surface area contributed by atoms with Gasteiger partial charge in [-0.3, -0.25) is 4.99 Å². The molecule has 1 N–H and O–H groups in total. The van der Waals surface area contributed by atoms with E-state index in [1.807, 2.05) is 12.3 Å². The van der Waals surface area contributed by atoms with Crippen molar-refractivity contribution >= 4 is 23.3 Å². The molecule has 2 heteroatoms. The number of nitrogens with zero attached hydrogens (tertiary/aromatic N) is 1. The van der Waals surface area contributed by atoms with Crippen molar-refractivity contribution in [1.29, 1.82) is 0 Å². The lowest BCUT2D eigenvalue weighted by molar-refractivity contribution is 0.794. The molecule has 0 radical (unpaired) electrons. The largest absolute Gasteiger partial charge is 0.353 e. The molecule has 2 aliphatic rings. The minimum atomic E-state index is -0.323. The van der Waals surface area contributed by atoms with E-state index in [0.717, 1.165) is 23.5 Å². The maximum Gasteiger partial charge on any atom is 0.0860 e. The first-order valence-electron chi connectivity index (χ1n) is 12.7. The van der Waals surface area contributed by atoms with Gasteiger partial charge in [-0.05, 0) is 63.6 Å². The van der Waals surface area contributed by atoms with Crippen molar-refractivity contribution in [2.75, 3.05) is 5.32 Å². The van der Waals surface area contributed by atoms with Gasteiger partial charge < -0.3 is 5.32 Å². The highest BCUT2D eigenvalue weighted by molar-refractivity contribution is 5.99. The van der Waals surface area contributed by atoms with Gasteiger partial charge in [-0.1, -0.05) is 104 Å². The lowest BCUT2D eigenvalue weighted by atomic mass is 9.70. The number of fused-ring (bicyclic) bond motifs is 10. The molecule has 5 aromatic rings. The molecule has 36 heavy (non-hydrogen) atoms. The molecule has 0 aromatic heterocycles. The molecule has 2 nitrogen and oxygen atoms in total. The summed E-state index contributed by atoms with van der Waals surface area (Å²) in [6.45, 7) is 2.11. The van der Waals surface area contributed by atoms with Crippen LogP contribution in [0.15, 0.2) is 120 Å². The summed E-state index contributed by atoms with van der Waals surface area (Å²) in [5.41, 5.74) is 13.4. The van der Waals surface area contributed by atoms with Crippen LogP contribution in [0.5, 0.6) is 0 Å². The molecule has 0 saturated heterocycles. The molecular weight excluding hydrogens is 436 g/mol. The molecule has 0 heterocycles. The van der Waals surface area contributed by atoms with Gasteiger partial charge in [0, 0.05) is 17.5 Å². The fraction of sp³-hybridized carbons (Fsp3) is 0.0882. The van der Waals surface area contributed by atoms with Crippen molar-refractivity contribution in [2.45, 2.75) is 18.8 Å². The molecule has 0 bridgehead atoms. The average Bonchev–Trinajstić information content (AvgIpc) is 3.41. The standard InChI is InChI=1S/C34H26N2/c1-2-22-35-30-19-9-10-20-31(30)36-32-21-11-18-29-33(32)25-14-5-8-17-28(25)34(29)26-15-6-3-12-23(26)24-13-4-7-16-27(24)34/h3-22,36H,2H2,1H3. The Hall–Kier alpha value is -4.43. The van der Waals surface area contributed by atoms with Crippen LogP contribution in [0.1, 0.15) is 35.6 Å². The Balaban J connectivity index is 1.51. The number of anilines is 2. The van der Waals surface area contributed by atoms with Gasteiger partial charge in [0.1, 0.15) is 0 Å². The first-order chi connectivity index (χ1) is 17.8. The zero-order chi connectivity index (χ0) is 24.1. The van der Waals surface area contributed by atoms with E-state index in [0.29, 0.717) is 0 Å². The van der Waals surface area contributed by atoms with E-state index in [1.54, 1.807) is 0 Å². The van der Waals surface area contributed by atoms with E-state index in [2.05, 4.69) is 121 Å². The van der Waals surface area contributed by atoms with Crippen molar-refractivity contribution < 1.29 is 0 Å². The molecule has 7 rings (SSSR count). The lowest BCUT2D eigenvalue weighted by Crippen LogP contribution is -2.25. The van der Waals surface area contributed by atoms with Crippen molar-refractivity contribution in [1.82, 2.24) is 0 Å². The van der Waals surface area contributed by atoms with Crippen molar-refractivity contribution in [2.24, 2.45) is 4.99 Å². The monoisotopic (exact) mass is 462 g/mol. The van der Waals surface area contributed by atoms with Gasteiger partial charge >= 0.3 is 0 Å². The number of rotatable bonds is 4. The molecule has 0 atom stereocenters. The quantitative estimate of drug-likeness (QED) is 0.260. The summed E-state index contributed by atoms with van der Waals surface area (Å²) in [5.74, 6) is 0. The summed E-state index contributed by atoms with van der Waals surface area (Å²) in [7, 11) is 0. The topological polar surface area (TPSA) is 24.4 Å². The third kappa shape index (κ3) is 2.76. The predicted octanol–water partition coefficient (Wildman–Crippen LogP) is 8.89. The molecular formula is C34H26N2. The van der Waals surface area contributed by atoms with E-state index < -0.39 is 0 Å². The zero-order valence-corrected chi connectivity index (χ0v) is 20.2. The molecule has 1 spiro atoms. The number of benzene rings is 5. The number of para-hydroxylation sites is 2. The van der Waals surface area contributed by atoms with Crippen molar-refractivity contribution in [3.8, 4) is 22.3 Å². The smallest absolute Gasteiger partial charge is 0.0860 e. The molecule has 0 fully saturated rings. The molecule has 172 valence electrons. The first kappa shape index (κ1) is 20.9. The van der Waals surface area contributed by atoms with Gasteiger partial charge in [0.25, 0.3) is 0 Å². The Bertz CT molecular complexity index is 1610. The van der Waals surface area contributed by atoms with Crippen LogP contribution >= 0.6 is 0 Å². The van der Waals surface area contributed by atoms with Crippen LogP contribution in [0.4, 0.5) is 17.1 Å². The van der Waals surface area contributed by atoms with Crippen LogP contribution < -0.4 is 5.32 Å². The van der Waals surface area contributed by atoms with E-state index in [4.69, 9.17) is 4.99 Å². The first-order valence-corrected chi connectivity index (χ1v) is 12.7. The molecule has 5 aromatic carbocycles. The van der Waals surface area contributed by atoms with Crippen molar-refractivity contribution in [3.63, 3.8) is 0 Å². The van der Waals surface area contributed by atoms with Crippen LogP contribution in [0.3, 0.4) is 0 Å². The van der Waals surface area contributed by atoms with Gasteiger partial charge in [0.2, 0.25) is 0 Å². The van der Waals surface area contributed by atoms with E-state index >= 15 is 0 Å². The maximum atomic E-state index is 4.70. The molecule has 0 amide bonds. The summed E-state index contributed by atoms with van der Waals surface area (Å²) in [5, 5.41) is 3.76. The highest BCUT2D eigenvalue weighted by Gasteiger charge is 2.51. The second kappa shape index (κ2) is 8.07. The van der Waals surface area contributed by atoms with E-state index in [-0.39, 0.29) is 5.41 Å². The SMILES string of the molecule is CCC=Nc1ccccc1Nc1cccc2c1-c1ccccc1C21c2ccccc2-c2ccccc21. The summed E-state index contributed by atoms with van der Waals surface area (Å²) < 4.78 is 0. The summed E-state index contributed by atoms with van der Waals surface area (Å²) in [4.78, 5) is 4.70. The maximum absolute atomic E-state index is 4.70. The van der Waals surface area contributed by atoms with E-state index in [9.17, 15) is 0 Å². The predicted molar refractivity (Wildman–Crippen MR) is 151 cm³/mol. The minimum Gasteiger partial charge on any atom is -0.353 e. The fourth-order valence-electron chi connectivity index (χ4n) is 6.27.